The van der Waals surface area contributed by atoms with Crippen LogP contribution in [0.1, 0.15) is 53.4 Å². The number of hydrogen-bond donors (Lipinski definition) is 2. The number of carbonyl (C=O) groups is 1. The number of amides is 2. The summed E-state index contributed by atoms with van der Waals surface area (Å²) in [6.45, 7) is 9.48. The number of hydrogen-bond acceptors (Lipinski definition) is 2. The Morgan fingerprint density at radius 3 is 2.56 bits per heavy atom. The second-order valence-corrected chi connectivity index (χ2v) is 6.30. The van der Waals surface area contributed by atoms with Crippen molar-refractivity contribution < 1.29 is 9.90 Å². The first-order valence-corrected chi connectivity index (χ1v) is 7.08. The van der Waals surface area contributed by atoms with E-state index in [1.54, 1.807) is 6.92 Å². The minimum atomic E-state index is -0.327. The molecule has 0 saturated heterocycles. The normalized spacial score (nSPS) is 17.4. The Hall–Kier alpha value is -0.770. The molecule has 0 radical (unpaired) electrons. The molecule has 0 aliphatic heterocycles. The summed E-state index contributed by atoms with van der Waals surface area (Å²) in [6, 6.07) is 0.517. The van der Waals surface area contributed by atoms with Gasteiger partial charge in [-0.25, -0.2) is 4.79 Å². The molecule has 1 rings (SSSR count). The van der Waals surface area contributed by atoms with E-state index >= 15 is 0 Å². The Balaban J connectivity index is 2.38. The first kappa shape index (κ1) is 15.3. The highest BCUT2D eigenvalue weighted by Crippen LogP contribution is 2.27. The number of nitrogens with one attached hydrogen (secondary N) is 1. The number of carbonyl (C=O) groups excluding carboxylic acids is 1. The van der Waals surface area contributed by atoms with Gasteiger partial charge in [-0.05, 0) is 38.0 Å². The molecule has 1 fully saturated rings. The van der Waals surface area contributed by atoms with Crippen molar-refractivity contribution in [2.24, 2.45) is 5.41 Å². The Labute approximate surface area is 111 Å². The smallest absolute Gasteiger partial charge is 0.317 e. The Morgan fingerprint density at radius 1 is 1.50 bits per heavy atom. The van der Waals surface area contributed by atoms with Crippen molar-refractivity contribution in [3.63, 3.8) is 0 Å². The Morgan fingerprint density at radius 2 is 2.11 bits per heavy atom. The van der Waals surface area contributed by atoms with Crippen molar-refractivity contribution in [2.75, 3.05) is 13.1 Å². The molecule has 4 nitrogen and oxygen atoms in total. The first-order chi connectivity index (χ1) is 8.35. The van der Waals surface area contributed by atoms with E-state index in [0.717, 1.165) is 25.8 Å². The molecule has 0 aromatic carbocycles. The maximum Gasteiger partial charge on any atom is 0.317 e. The van der Waals surface area contributed by atoms with Gasteiger partial charge in [0.05, 0.1) is 6.10 Å². The number of rotatable bonds is 7. The molecule has 0 spiro atoms. The summed E-state index contributed by atoms with van der Waals surface area (Å²) in [6.07, 6.45) is 3.66. The van der Waals surface area contributed by atoms with Crippen LogP contribution in [0.2, 0.25) is 0 Å². The van der Waals surface area contributed by atoms with E-state index in [1.807, 2.05) is 4.90 Å². The maximum absolute atomic E-state index is 12.1. The molecule has 2 N–H and O–H groups in total. The van der Waals surface area contributed by atoms with Crippen LogP contribution < -0.4 is 5.32 Å². The summed E-state index contributed by atoms with van der Waals surface area (Å²) >= 11 is 0. The third-order valence-electron chi connectivity index (χ3n) is 3.28. The van der Waals surface area contributed by atoms with Crippen LogP contribution in [-0.4, -0.2) is 41.3 Å². The van der Waals surface area contributed by atoms with E-state index in [-0.39, 0.29) is 17.6 Å². The quantitative estimate of drug-likeness (QED) is 0.734. The summed E-state index contributed by atoms with van der Waals surface area (Å²) in [5.41, 5.74) is -0.0642. The van der Waals surface area contributed by atoms with Gasteiger partial charge >= 0.3 is 6.03 Å². The fourth-order valence-corrected chi connectivity index (χ4v) is 2.37. The van der Waals surface area contributed by atoms with Crippen molar-refractivity contribution in [1.82, 2.24) is 10.2 Å². The molecule has 1 saturated carbocycles. The van der Waals surface area contributed by atoms with Crippen molar-refractivity contribution in [2.45, 2.75) is 65.5 Å². The van der Waals surface area contributed by atoms with Gasteiger partial charge in [0.1, 0.15) is 0 Å². The van der Waals surface area contributed by atoms with Gasteiger partial charge in [-0.1, -0.05) is 20.8 Å². The molecule has 0 aromatic heterocycles. The highest BCUT2D eigenvalue weighted by atomic mass is 16.3. The van der Waals surface area contributed by atoms with Crippen LogP contribution in [0.15, 0.2) is 0 Å². The molecule has 4 heteroatoms. The second kappa shape index (κ2) is 6.41. The van der Waals surface area contributed by atoms with E-state index in [2.05, 4.69) is 26.1 Å². The highest BCUT2D eigenvalue weighted by molar-refractivity contribution is 5.74. The highest BCUT2D eigenvalue weighted by Gasteiger charge is 2.32. The predicted octanol–water partition coefficient (Wildman–Crippen LogP) is 2.37. The molecular formula is C14H28N2O2. The van der Waals surface area contributed by atoms with Crippen molar-refractivity contribution in [3.05, 3.63) is 0 Å². The molecule has 106 valence electrons. The monoisotopic (exact) mass is 256 g/mol. The minimum absolute atomic E-state index is 0.0537. The zero-order chi connectivity index (χ0) is 13.8. The van der Waals surface area contributed by atoms with Gasteiger partial charge < -0.3 is 15.3 Å². The van der Waals surface area contributed by atoms with Crippen LogP contribution in [0.25, 0.3) is 0 Å². The summed E-state index contributed by atoms with van der Waals surface area (Å²) in [5.74, 6) is 0. The van der Waals surface area contributed by atoms with Gasteiger partial charge in [0.2, 0.25) is 0 Å². The van der Waals surface area contributed by atoms with Gasteiger partial charge in [-0.2, -0.15) is 0 Å². The molecule has 1 aliphatic rings. The lowest BCUT2D eigenvalue weighted by atomic mass is 9.87. The third kappa shape index (κ3) is 5.25. The van der Waals surface area contributed by atoms with E-state index in [1.165, 1.54) is 0 Å². The molecule has 0 aromatic rings. The third-order valence-corrected chi connectivity index (χ3v) is 3.28. The van der Waals surface area contributed by atoms with Crippen molar-refractivity contribution >= 4 is 6.03 Å². The van der Waals surface area contributed by atoms with Crippen molar-refractivity contribution in [1.29, 1.82) is 0 Å². The van der Waals surface area contributed by atoms with E-state index < -0.39 is 0 Å². The SMILES string of the molecule is CCCN(C(=O)NCC(C)(C)CC(C)O)C1CC1. The van der Waals surface area contributed by atoms with Gasteiger partial charge in [-0.15, -0.1) is 0 Å². The molecule has 18 heavy (non-hydrogen) atoms. The molecule has 1 unspecified atom stereocenters. The van der Waals surface area contributed by atoms with Crippen LogP contribution in [0, 0.1) is 5.41 Å². The molecular weight excluding hydrogens is 228 g/mol. The number of aliphatic hydroxyl groups excluding tert-OH is 1. The molecule has 0 heterocycles. The maximum atomic E-state index is 12.1. The summed E-state index contributed by atoms with van der Waals surface area (Å²) in [4.78, 5) is 14.1. The van der Waals surface area contributed by atoms with Crippen LogP contribution in [-0.2, 0) is 0 Å². The minimum Gasteiger partial charge on any atom is -0.393 e. The topological polar surface area (TPSA) is 52.6 Å². The fraction of sp³-hybridized carbons (Fsp3) is 0.929. The lowest BCUT2D eigenvalue weighted by molar-refractivity contribution is 0.126. The largest absolute Gasteiger partial charge is 0.393 e. The van der Waals surface area contributed by atoms with E-state index in [0.29, 0.717) is 19.0 Å². The number of aliphatic hydroxyl groups is 1. The van der Waals surface area contributed by atoms with Crippen molar-refractivity contribution in [3.8, 4) is 0 Å². The van der Waals surface area contributed by atoms with Crippen LogP contribution in [0.5, 0.6) is 0 Å². The molecule has 1 atom stereocenters. The average Bonchev–Trinajstić information content (AvgIpc) is 3.04. The summed E-state index contributed by atoms with van der Waals surface area (Å²) in [7, 11) is 0. The van der Waals surface area contributed by atoms with Gasteiger partial charge in [0.25, 0.3) is 0 Å². The van der Waals surface area contributed by atoms with E-state index in [9.17, 15) is 9.90 Å². The average molecular weight is 256 g/mol. The Kier molecular flexibility index (Phi) is 5.45. The first-order valence-electron chi connectivity index (χ1n) is 7.08. The Bertz CT molecular complexity index is 273. The van der Waals surface area contributed by atoms with Crippen LogP contribution in [0.3, 0.4) is 0 Å². The van der Waals surface area contributed by atoms with Gasteiger partial charge in [0, 0.05) is 19.1 Å². The van der Waals surface area contributed by atoms with Crippen LogP contribution >= 0.6 is 0 Å². The lowest BCUT2D eigenvalue weighted by Gasteiger charge is -2.29. The zero-order valence-corrected chi connectivity index (χ0v) is 12.2. The molecule has 0 bridgehead atoms. The summed E-state index contributed by atoms with van der Waals surface area (Å²) < 4.78 is 0. The zero-order valence-electron chi connectivity index (χ0n) is 12.2. The van der Waals surface area contributed by atoms with Gasteiger partial charge in [-0.3, -0.25) is 0 Å². The predicted molar refractivity (Wildman–Crippen MR) is 73.5 cm³/mol. The number of nitrogens with zero attached hydrogens (tertiary/aromatic N) is 1. The second-order valence-electron chi connectivity index (χ2n) is 6.30. The fourth-order valence-electron chi connectivity index (χ4n) is 2.37. The van der Waals surface area contributed by atoms with Gasteiger partial charge in [0.15, 0.2) is 0 Å². The van der Waals surface area contributed by atoms with Crippen LogP contribution in [0.4, 0.5) is 4.79 Å². The molecule has 1 aliphatic carbocycles. The van der Waals surface area contributed by atoms with E-state index in [4.69, 9.17) is 0 Å². The molecule has 2 amide bonds. The lowest BCUT2D eigenvalue weighted by Crippen LogP contribution is -2.45. The summed E-state index contributed by atoms with van der Waals surface area (Å²) in [5, 5.41) is 12.4. The standard InChI is InChI=1S/C14H28N2O2/c1-5-8-16(12-6-7-12)13(18)15-10-14(3,4)9-11(2)17/h11-12,17H,5-10H2,1-4H3,(H,15,18). The number of urea groups is 1.